The zero-order valence-corrected chi connectivity index (χ0v) is 29.6. The summed E-state index contributed by atoms with van der Waals surface area (Å²) < 4.78 is 6.84. The summed E-state index contributed by atoms with van der Waals surface area (Å²) in [6.07, 6.45) is 6.79. The quantitative estimate of drug-likeness (QED) is 0.173. The lowest BCUT2D eigenvalue weighted by atomic mass is 9.89. The van der Waals surface area contributed by atoms with Crippen LogP contribution < -0.4 is 4.74 Å². The van der Waals surface area contributed by atoms with Crippen LogP contribution in [0.4, 0.5) is 0 Å². The molecule has 54 heavy (non-hydrogen) atoms. The highest BCUT2D eigenvalue weighted by molar-refractivity contribution is 6.02. The lowest BCUT2D eigenvalue weighted by molar-refractivity contribution is 0.280. The maximum Gasteiger partial charge on any atom is 0.164 e. The molecule has 2 aromatic heterocycles. The molecule has 0 saturated heterocycles. The second-order valence-electron chi connectivity index (χ2n) is 13.8. The molecule has 5 nitrogen and oxygen atoms in total. The van der Waals surface area contributed by atoms with Crippen molar-refractivity contribution >= 4 is 22.0 Å². The normalized spacial score (nSPS) is 14.5. The van der Waals surface area contributed by atoms with Gasteiger partial charge in [0.05, 0.1) is 5.52 Å². The minimum Gasteiger partial charge on any atom is -0.484 e. The van der Waals surface area contributed by atoms with Gasteiger partial charge in [0, 0.05) is 51.4 Å². The first-order valence-electron chi connectivity index (χ1n) is 18.3. The van der Waals surface area contributed by atoms with Crippen LogP contribution in [0.15, 0.2) is 170 Å². The van der Waals surface area contributed by atoms with Crippen molar-refractivity contribution in [3.63, 3.8) is 0 Å². The van der Waals surface area contributed by atoms with Crippen molar-refractivity contribution in [3.8, 4) is 61.9 Å². The molecule has 1 aliphatic carbocycles. The number of para-hydroxylation sites is 1. The van der Waals surface area contributed by atoms with E-state index in [-0.39, 0.29) is 6.10 Å². The van der Waals surface area contributed by atoms with E-state index < -0.39 is 0 Å². The number of fused-ring (bicyclic) bond motifs is 4. The molecule has 3 heterocycles. The third kappa shape index (κ3) is 5.67. The van der Waals surface area contributed by atoms with E-state index >= 15 is 0 Å². The average molecular weight is 695 g/mol. The molecule has 256 valence electrons. The molecule has 1 aliphatic heterocycles. The second kappa shape index (κ2) is 13.2. The van der Waals surface area contributed by atoms with Gasteiger partial charge in [0.1, 0.15) is 11.9 Å². The predicted octanol–water partition coefficient (Wildman–Crippen LogP) is 11.7. The molecule has 0 radical (unpaired) electrons. The minimum absolute atomic E-state index is 0.145. The number of rotatable bonds is 6. The molecule has 0 bridgehead atoms. The summed E-state index contributed by atoms with van der Waals surface area (Å²) in [6.45, 7) is 2.12. The number of benzene rings is 6. The van der Waals surface area contributed by atoms with E-state index in [1.165, 1.54) is 11.1 Å². The number of hydrogen-bond acceptors (Lipinski definition) is 5. The largest absolute Gasteiger partial charge is 0.484 e. The van der Waals surface area contributed by atoms with Crippen LogP contribution in [-0.2, 0) is 0 Å². The molecule has 0 saturated carbocycles. The Morgan fingerprint density at radius 2 is 1.17 bits per heavy atom. The van der Waals surface area contributed by atoms with Gasteiger partial charge in [0.25, 0.3) is 0 Å². The predicted molar refractivity (Wildman–Crippen MR) is 218 cm³/mol. The van der Waals surface area contributed by atoms with Crippen LogP contribution >= 0.6 is 0 Å². The SMILES string of the molecule is Cc1cccc(-c2cccc(-c3nc(C4=C5c6cccc(-c7ccc(-c8cccc9ncccc89)cc7)c6OC5CC=C4)nc(-c4ccccc4)n3)c2)c1. The summed E-state index contributed by atoms with van der Waals surface area (Å²) in [5.74, 6) is 2.79. The minimum atomic E-state index is -0.145. The summed E-state index contributed by atoms with van der Waals surface area (Å²) in [6, 6.07) is 52.8. The first kappa shape index (κ1) is 31.7. The van der Waals surface area contributed by atoms with Crippen LogP contribution in [0.2, 0.25) is 0 Å². The van der Waals surface area contributed by atoms with Crippen LogP contribution in [0, 0.1) is 6.92 Å². The smallest absolute Gasteiger partial charge is 0.164 e. The van der Waals surface area contributed by atoms with E-state index in [0.717, 1.165) is 78.7 Å². The summed E-state index contributed by atoms with van der Waals surface area (Å²) in [7, 11) is 0. The van der Waals surface area contributed by atoms with Crippen LogP contribution in [0.1, 0.15) is 23.4 Å². The van der Waals surface area contributed by atoms with Gasteiger partial charge in [0.15, 0.2) is 17.5 Å². The molecule has 5 heteroatoms. The van der Waals surface area contributed by atoms with Gasteiger partial charge < -0.3 is 4.74 Å². The number of aryl methyl sites for hydroxylation is 1. The summed E-state index contributed by atoms with van der Waals surface area (Å²) >= 11 is 0. The molecule has 0 spiro atoms. The summed E-state index contributed by atoms with van der Waals surface area (Å²) in [5, 5.41) is 1.14. The van der Waals surface area contributed by atoms with Gasteiger partial charge in [-0.3, -0.25) is 4.98 Å². The van der Waals surface area contributed by atoms with Crippen LogP contribution in [0.3, 0.4) is 0 Å². The Hall–Kier alpha value is -6.98. The molecular weight excluding hydrogens is 661 g/mol. The van der Waals surface area contributed by atoms with E-state index in [4.69, 9.17) is 19.7 Å². The van der Waals surface area contributed by atoms with Gasteiger partial charge in [-0.05, 0) is 52.9 Å². The van der Waals surface area contributed by atoms with E-state index in [9.17, 15) is 0 Å². The Labute approximate surface area is 314 Å². The van der Waals surface area contributed by atoms with Crippen LogP contribution in [0.5, 0.6) is 5.75 Å². The Morgan fingerprint density at radius 1 is 0.519 bits per heavy atom. The molecule has 8 aromatic rings. The molecule has 2 aliphatic rings. The van der Waals surface area contributed by atoms with Crippen molar-refractivity contribution < 1.29 is 4.74 Å². The van der Waals surface area contributed by atoms with Crippen LogP contribution in [-0.4, -0.2) is 26.0 Å². The lowest BCUT2D eigenvalue weighted by Crippen LogP contribution is -2.15. The maximum absolute atomic E-state index is 6.84. The highest BCUT2D eigenvalue weighted by Gasteiger charge is 2.35. The van der Waals surface area contributed by atoms with Crippen LogP contribution in [0.25, 0.3) is 78.2 Å². The van der Waals surface area contributed by atoms with E-state index in [0.29, 0.717) is 17.5 Å². The van der Waals surface area contributed by atoms with Crippen molar-refractivity contribution in [2.45, 2.75) is 19.4 Å². The fourth-order valence-corrected chi connectivity index (χ4v) is 7.75. The number of allylic oxidation sites excluding steroid dienone is 2. The fourth-order valence-electron chi connectivity index (χ4n) is 7.75. The highest BCUT2D eigenvalue weighted by atomic mass is 16.5. The number of pyridine rings is 1. The zero-order valence-electron chi connectivity index (χ0n) is 29.6. The van der Waals surface area contributed by atoms with E-state index in [1.54, 1.807) is 0 Å². The van der Waals surface area contributed by atoms with Crippen molar-refractivity contribution in [2.75, 3.05) is 0 Å². The molecular formula is C49H34N4O. The molecule has 6 aromatic carbocycles. The topological polar surface area (TPSA) is 60.8 Å². The van der Waals surface area contributed by atoms with Gasteiger partial charge in [-0.25, -0.2) is 15.0 Å². The van der Waals surface area contributed by atoms with Crippen molar-refractivity contribution in [1.29, 1.82) is 0 Å². The molecule has 1 unspecified atom stereocenters. The number of ether oxygens (including phenoxy) is 1. The maximum atomic E-state index is 6.84. The van der Waals surface area contributed by atoms with Crippen molar-refractivity contribution in [1.82, 2.24) is 19.9 Å². The fraction of sp³-hybridized carbons (Fsp3) is 0.0612. The van der Waals surface area contributed by atoms with Gasteiger partial charge in [-0.15, -0.1) is 0 Å². The molecule has 10 rings (SSSR count). The third-order valence-electron chi connectivity index (χ3n) is 10.3. The average Bonchev–Trinajstić information content (AvgIpc) is 3.63. The highest BCUT2D eigenvalue weighted by Crippen LogP contribution is 2.49. The Morgan fingerprint density at radius 3 is 2.00 bits per heavy atom. The van der Waals surface area contributed by atoms with Gasteiger partial charge in [-0.1, -0.05) is 151 Å². The lowest BCUT2D eigenvalue weighted by Gasteiger charge is -2.18. The first-order chi connectivity index (χ1) is 26.7. The molecule has 0 amide bonds. The van der Waals surface area contributed by atoms with Crippen molar-refractivity contribution in [2.24, 2.45) is 0 Å². The first-order valence-corrected chi connectivity index (χ1v) is 18.3. The number of hydrogen-bond donors (Lipinski definition) is 0. The van der Waals surface area contributed by atoms with Gasteiger partial charge >= 0.3 is 0 Å². The third-order valence-corrected chi connectivity index (χ3v) is 10.3. The second-order valence-corrected chi connectivity index (χ2v) is 13.8. The van der Waals surface area contributed by atoms with Gasteiger partial charge in [0.2, 0.25) is 0 Å². The molecule has 0 fully saturated rings. The Bertz CT molecular complexity index is 2780. The monoisotopic (exact) mass is 694 g/mol. The summed E-state index contributed by atoms with van der Waals surface area (Å²) in [5.41, 5.74) is 14.0. The number of aromatic nitrogens is 4. The Kier molecular flexibility index (Phi) is 7.76. The molecule has 0 N–H and O–H groups in total. The molecule has 1 atom stereocenters. The number of nitrogens with zero attached hydrogens (tertiary/aromatic N) is 4. The standard InChI is InChI=1S/C49H34N4O/c1-31-11-5-14-35(29-31)36-15-6-16-37(30-36)48-51-47(34-12-3-2-4-13-34)52-49(53-48)42-20-9-23-44-45(42)41-19-7-18-39(46(41)54-44)33-26-24-32(25-27-33)38-17-8-22-43-40(38)21-10-28-50-43/h2-22,24-30,44H,23H2,1H3. The summed E-state index contributed by atoms with van der Waals surface area (Å²) in [4.78, 5) is 19.9. The Balaban J connectivity index is 1.08. The van der Waals surface area contributed by atoms with Gasteiger partial charge in [-0.2, -0.15) is 0 Å². The zero-order chi connectivity index (χ0) is 36.0. The van der Waals surface area contributed by atoms with E-state index in [1.807, 2.05) is 42.6 Å². The van der Waals surface area contributed by atoms with Crippen molar-refractivity contribution in [3.05, 3.63) is 187 Å². The van der Waals surface area contributed by atoms with E-state index in [2.05, 4.69) is 139 Å².